The average molecular weight is 338 g/mol. The van der Waals surface area contributed by atoms with Crippen LogP contribution in [0.3, 0.4) is 0 Å². The second-order valence-electron chi connectivity index (χ2n) is 6.71. The lowest BCUT2D eigenvalue weighted by atomic mass is 9.95. The van der Waals surface area contributed by atoms with Crippen molar-refractivity contribution >= 4 is 16.6 Å². The van der Waals surface area contributed by atoms with Gasteiger partial charge in [-0.05, 0) is 49.0 Å². The first kappa shape index (κ1) is 12.2. The summed E-state index contributed by atoms with van der Waals surface area (Å²) < 4.78 is 23.3. The van der Waals surface area contributed by atoms with Crippen molar-refractivity contribution in [1.29, 1.82) is 0 Å². The molecular weight excluding hydrogens is 318 g/mol. The number of carbonyl (C=O) groups is 1. The third-order valence-corrected chi connectivity index (χ3v) is 4.98. The molecule has 1 aliphatic carbocycles. The molecule has 2 heteroatoms. The number of rotatable bonds is 1. The Hall–Kier alpha value is -3.26. The van der Waals surface area contributed by atoms with Crippen molar-refractivity contribution < 1.29 is 8.91 Å². The molecule has 1 heterocycles. The lowest BCUT2D eigenvalue weighted by Gasteiger charge is -2.11. The van der Waals surface area contributed by atoms with Crippen LogP contribution in [0.2, 0.25) is 0 Å². The van der Waals surface area contributed by atoms with Gasteiger partial charge in [0.1, 0.15) is 0 Å². The van der Waals surface area contributed by atoms with Crippen molar-refractivity contribution in [2.45, 2.75) is 13.8 Å². The van der Waals surface area contributed by atoms with Crippen LogP contribution in [-0.4, -0.2) is 10.8 Å². The monoisotopic (exact) mass is 338 g/mol. The van der Waals surface area contributed by atoms with E-state index in [-0.39, 0.29) is 5.78 Å². The molecule has 0 atom stereocenters. The maximum atomic E-state index is 12.8. The molecule has 3 aromatic carbocycles. The van der Waals surface area contributed by atoms with Gasteiger partial charge in [-0.15, -0.1) is 0 Å². The minimum absolute atomic E-state index is 0.0381. The van der Waals surface area contributed by atoms with Gasteiger partial charge in [0.05, 0.1) is 5.69 Å². The van der Waals surface area contributed by atoms with Gasteiger partial charge in [0.25, 0.3) is 0 Å². The van der Waals surface area contributed by atoms with Crippen molar-refractivity contribution in [3.63, 3.8) is 0 Å². The normalized spacial score (nSPS) is 14.5. The molecule has 0 fully saturated rings. The molecule has 0 saturated heterocycles. The molecule has 0 bridgehead atoms. The molecule has 0 radical (unpaired) electrons. The number of fused-ring (bicyclic) bond motifs is 5. The maximum absolute atomic E-state index is 12.8. The van der Waals surface area contributed by atoms with E-state index in [1.807, 2.05) is 55.5 Å². The van der Waals surface area contributed by atoms with E-state index >= 15 is 0 Å². The lowest BCUT2D eigenvalue weighted by Crippen LogP contribution is -1.95. The Morgan fingerprint density at radius 2 is 1.65 bits per heavy atom. The van der Waals surface area contributed by atoms with Crippen LogP contribution < -0.4 is 0 Å². The summed E-state index contributed by atoms with van der Waals surface area (Å²) in [7, 11) is 0. The first-order valence-electron chi connectivity index (χ1n) is 10.0. The number of nitrogens with zero attached hydrogens (tertiary/aromatic N) is 1. The highest BCUT2D eigenvalue weighted by molar-refractivity contribution is 6.26. The van der Waals surface area contributed by atoms with Crippen molar-refractivity contribution in [2.75, 3.05) is 0 Å². The maximum Gasteiger partial charge on any atom is 0.194 e. The number of hydrogen-bond acceptors (Lipinski definition) is 2. The second kappa shape index (κ2) is 5.37. The van der Waals surface area contributed by atoms with E-state index in [9.17, 15) is 4.79 Å². The number of hydrogen-bond donors (Lipinski definition) is 0. The number of aryl methyl sites for hydroxylation is 2. The van der Waals surface area contributed by atoms with Gasteiger partial charge in [0.2, 0.25) is 0 Å². The van der Waals surface area contributed by atoms with Crippen molar-refractivity contribution in [3.05, 3.63) is 89.1 Å². The second-order valence-corrected chi connectivity index (χ2v) is 6.71. The van der Waals surface area contributed by atoms with E-state index < -0.39 is 6.85 Å². The van der Waals surface area contributed by atoms with Gasteiger partial charge < -0.3 is 0 Å². The van der Waals surface area contributed by atoms with E-state index in [1.165, 1.54) is 0 Å². The molecule has 2 nitrogen and oxygen atoms in total. The van der Waals surface area contributed by atoms with Crippen molar-refractivity contribution in [1.82, 2.24) is 4.98 Å². The Morgan fingerprint density at radius 1 is 0.846 bits per heavy atom. The first-order valence-corrected chi connectivity index (χ1v) is 8.53. The molecule has 0 spiro atoms. The largest absolute Gasteiger partial charge is 0.289 e. The molecule has 4 aromatic rings. The zero-order chi connectivity index (χ0) is 20.3. The minimum atomic E-state index is -2.18. The summed E-state index contributed by atoms with van der Waals surface area (Å²) in [5.41, 5.74) is 5.92. The van der Waals surface area contributed by atoms with Crippen molar-refractivity contribution in [3.8, 4) is 22.4 Å². The Labute approximate surface area is 156 Å². The van der Waals surface area contributed by atoms with Crippen LogP contribution in [0.4, 0.5) is 0 Å². The van der Waals surface area contributed by atoms with E-state index in [4.69, 9.17) is 4.11 Å². The first-order chi connectivity index (χ1) is 13.8. The van der Waals surface area contributed by atoms with E-state index in [0.717, 1.165) is 38.7 Å². The summed E-state index contributed by atoms with van der Waals surface area (Å²) in [5, 5.41) is 1.85. The number of ketones is 1. The number of benzene rings is 3. The number of carbonyl (C=O) groups excluding carboxylic acids is 1. The highest BCUT2D eigenvalue weighted by atomic mass is 16.1. The summed E-state index contributed by atoms with van der Waals surface area (Å²) in [6, 6.07) is 18.7. The fourth-order valence-electron chi connectivity index (χ4n) is 3.93. The highest BCUT2D eigenvalue weighted by Gasteiger charge is 2.28. The number of pyridine rings is 1. The van der Waals surface area contributed by atoms with Crippen LogP contribution in [0, 0.1) is 13.8 Å². The summed E-state index contributed by atoms with van der Waals surface area (Å²) in [5.74, 6) is 0.0381. The third kappa shape index (κ3) is 2.05. The smallest absolute Gasteiger partial charge is 0.194 e. The van der Waals surface area contributed by atoms with Gasteiger partial charge >= 0.3 is 0 Å². The Balaban J connectivity index is 1.81. The minimum Gasteiger partial charge on any atom is -0.289 e. The molecule has 0 N–H and O–H groups in total. The Kier molecular flexibility index (Phi) is 2.51. The summed E-state index contributed by atoms with van der Waals surface area (Å²) >= 11 is 0. The lowest BCUT2D eigenvalue weighted by molar-refractivity contribution is 0.104. The van der Waals surface area contributed by atoms with Crippen LogP contribution in [0.15, 0.2) is 66.9 Å². The molecule has 0 saturated carbocycles. The van der Waals surface area contributed by atoms with Gasteiger partial charge in [-0.25, -0.2) is 0 Å². The highest BCUT2D eigenvalue weighted by Crippen LogP contribution is 2.42. The van der Waals surface area contributed by atoms with Crippen LogP contribution in [0.1, 0.15) is 31.2 Å². The quantitative estimate of drug-likeness (QED) is 0.391. The fraction of sp³-hybridized carbons (Fsp3) is 0.0833. The predicted molar refractivity (Wildman–Crippen MR) is 106 cm³/mol. The van der Waals surface area contributed by atoms with Crippen LogP contribution >= 0.6 is 0 Å². The Bertz CT molecular complexity index is 1320. The molecule has 0 aliphatic heterocycles. The Morgan fingerprint density at radius 3 is 2.50 bits per heavy atom. The van der Waals surface area contributed by atoms with Crippen LogP contribution in [0.5, 0.6) is 0 Å². The molecule has 0 amide bonds. The van der Waals surface area contributed by atoms with Gasteiger partial charge in [-0.2, -0.15) is 0 Å². The predicted octanol–water partition coefficient (Wildman–Crippen LogP) is 5.73. The standard InChI is InChI=1S/C24H17NO/c1-14-11-15(2)13-16(12-14)23-19-7-8-21-22(18(19)9-10-25-23)17-5-3-4-6-20(17)24(21)26/h3-13H,1-2H3/i1D3. The molecule has 1 aromatic heterocycles. The molecule has 1 aliphatic rings. The zero-order valence-electron chi connectivity index (χ0n) is 17.2. The molecule has 0 unspecified atom stereocenters. The molecule has 124 valence electrons. The third-order valence-electron chi connectivity index (χ3n) is 4.98. The fourth-order valence-corrected chi connectivity index (χ4v) is 3.93. The van der Waals surface area contributed by atoms with E-state index in [2.05, 4.69) is 4.98 Å². The average Bonchev–Trinajstić information content (AvgIpc) is 2.99. The summed E-state index contributed by atoms with van der Waals surface area (Å²) in [4.78, 5) is 17.4. The number of aromatic nitrogens is 1. The van der Waals surface area contributed by atoms with Gasteiger partial charge in [0, 0.05) is 37.9 Å². The van der Waals surface area contributed by atoms with Gasteiger partial charge in [0.15, 0.2) is 5.78 Å². The molecular formula is C24H17NO. The van der Waals surface area contributed by atoms with Crippen molar-refractivity contribution in [2.24, 2.45) is 0 Å². The van der Waals surface area contributed by atoms with E-state index in [1.54, 1.807) is 18.3 Å². The van der Waals surface area contributed by atoms with Crippen LogP contribution in [-0.2, 0) is 0 Å². The summed E-state index contributed by atoms with van der Waals surface area (Å²) in [6.07, 6.45) is 1.72. The topological polar surface area (TPSA) is 30.0 Å². The van der Waals surface area contributed by atoms with Crippen LogP contribution in [0.25, 0.3) is 33.2 Å². The molecule has 5 rings (SSSR count). The SMILES string of the molecule is [2H]C([2H])([2H])c1cc(C)cc(-c2nccc3c4c(ccc23)C(=O)c2ccccc2-4)c1. The summed E-state index contributed by atoms with van der Waals surface area (Å²) in [6.45, 7) is -0.297. The van der Waals surface area contributed by atoms with Gasteiger partial charge in [-0.1, -0.05) is 47.5 Å². The van der Waals surface area contributed by atoms with Gasteiger partial charge in [-0.3, -0.25) is 9.78 Å². The van der Waals surface area contributed by atoms with E-state index in [0.29, 0.717) is 16.7 Å². The molecule has 26 heavy (non-hydrogen) atoms. The zero-order valence-corrected chi connectivity index (χ0v) is 14.2.